The molecule has 0 aromatic heterocycles. The van der Waals surface area contributed by atoms with Gasteiger partial charge in [0.05, 0.1) is 13.7 Å². The van der Waals surface area contributed by atoms with Gasteiger partial charge in [-0.15, -0.1) is 0 Å². The highest BCUT2D eigenvalue weighted by Gasteiger charge is 2.67. The fourth-order valence-corrected chi connectivity index (χ4v) is 2.61. The second-order valence-corrected chi connectivity index (χ2v) is 5.02. The fourth-order valence-electron chi connectivity index (χ4n) is 1.86. The number of hydrogen-bond acceptors (Lipinski definition) is 5. The van der Waals surface area contributed by atoms with Gasteiger partial charge in [0, 0.05) is 13.0 Å². The molecule has 0 aromatic rings. The molecule has 0 aliphatic carbocycles. The molecule has 1 heterocycles. The van der Waals surface area contributed by atoms with Crippen molar-refractivity contribution in [1.82, 2.24) is 0 Å². The number of rotatable bonds is 6. The Bertz CT molecular complexity index is 388. The summed E-state index contributed by atoms with van der Waals surface area (Å²) in [5.41, 5.74) is -2.96. The van der Waals surface area contributed by atoms with Crippen molar-refractivity contribution < 1.29 is 32.2 Å². The molecule has 0 amide bonds. The molecule has 0 spiro atoms. The molecule has 0 saturated carbocycles. The monoisotopic (exact) mass is 361 g/mol. The van der Waals surface area contributed by atoms with Crippen molar-refractivity contribution in [2.24, 2.45) is 10.4 Å². The number of alkyl halides is 4. The van der Waals surface area contributed by atoms with Crippen molar-refractivity contribution in [3.63, 3.8) is 0 Å². The van der Waals surface area contributed by atoms with Crippen LogP contribution in [0.5, 0.6) is 0 Å². The van der Waals surface area contributed by atoms with Gasteiger partial charge in [-0.3, -0.25) is 9.79 Å². The molecule has 20 heavy (non-hydrogen) atoms. The summed E-state index contributed by atoms with van der Waals surface area (Å²) >= 11 is 2.97. The number of methoxy groups -OCH3 is 1. The lowest BCUT2D eigenvalue weighted by Crippen LogP contribution is -2.53. The maximum Gasteiger partial charge on any atom is 0.413 e. The summed E-state index contributed by atoms with van der Waals surface area (Å²) in [5, 5.41) is -0.986. The number of carbonyl (C=O) groups is 1. The zero-order valence-electron chi connectivity index (χ0n) is 11.0. The Labute approximate surface area is 122 Å². The van der Waals surface area contributed by atoms with Gasteiger partial charge in [-0.25, -0.2) is 0 Å². The molecule has 0 bridgehead atoms. The van der Waals surface area contributed by atoms with Crippen LogP contribution in [0.2, 0.25) is 0 Å². The first-order valence-electron chi connectivity index (χ1n) is 5.88. The van der Waals surface area contributed by atoms with E-state index in [2.05, 4.69) is 25.7 Å². The van der Waals surface area contributed by atoms with Crippen LogP contribution in [-0.2, 0) is 19.0 Å². The van der Waals surface area contributed by atoms with Crippen LogP contribution in [0.3, 0.4) is 0 Å². The van der Waals surface area contributed by atoms with E-state index in [0.717, 1.165) is 7.11 Å². The second kappa shape index (κ2) is 6.75. The number of ether oxygens (including phenoxy) is 3. The van der Waals surface area contributed by atoms with E-state index in [1.165, 1.54) is 0 Å². The molecule has 0 saturated heterocycles. The Morgan fingerprint density at radius 1 is 1.55 bits per heavy atom. The molecule has 0 fully saturated rings. The van der Waals surface area contributed by atoms with Crippen LogP contribution in [0.1, 0.15) is 13.3 Å². The minimum absolute atomic E-state index is 0.00570. The first-order valence-corrected chi connectivity index (χ1v) is 6.79. The van der Waals surface area contributed by atoms with Crippen LogP contribution < -0.4 is 0 Å². The Morgan fingerprint density at radius 3 is 2.60 bits per heavy atom. The van der Waals surface area contributed by atoms with Gasteiger partial charge >= 0.3 is 12.1 Å². The molecule has 2 unspecified atom stereocenters. The number of hydrogen-bond donors (Lipinski definition) is 0. The molecular weight excluding hydrogens is 347 g/mol. The number of carbonyl (C=O) groups excluding carboxylic acids is 1. The first-order chi connectivity index (χ1) is 9.29. The lowest BCUT2D eigenvalue weighted by molar-refractivity contribution is -0.220. The Kier molecular flexibility index (Phi) is 5.81. The average Bonchev–Trinajstić information content (AvgIpc) is 2.87. The smallest absolute Gasteiger partial charge is 0.413 e. The van der Waals surface area contributed by atoms with E-state index in [4.69, 9.17) is 9.47 Å². The molecule has 0 aromatic carbocycles. The van der Waals surface area contributed by atoms with Gasteiger partial charge in [0.15, 0.2) is 0 Å². The molecule has 2 atom stereocenters. The molecule has 0 radical (unpaired) electrons. The summed E-state index contributed by atoms with van der Waals surface area (Å²) in [6.45, 7) is 1.90. The van der Waals surface area contributed by atoms with Crippen LogP contribution in [0.15, 0.2) is 4.99 Å². The SMILES string of the molecule is CCOC(Br)CC(C(=O)OC)(C1=NCCO1)C(F)(F)F. The number of halogens is 4. The van der Waals surface area contributed by atoms with E-state index in [0.29, 0.717) is 0 Å². The predicted octanol–water partition coefficient (Wildman–Crippen LogP) is 2.28. The third kappa shape index (κ3) is 3.25. The summed E-state index contributed by atoms with van der Waals surface area (Å²) in [4.78, 5) is 15.5. The Morgan fingerprint density at radius 2 is 2.20 bits per heavy atom. The van der Waals surface area contributed by atoms with E-state index in [-0.39, 0.29) is 19.8 Å². The average molecular weight is 362 g/mol. The van der Waals surface area contributed by atoms with Crippen LogP contribution >= 0.6 is 15.9 Å². The lowest BCUT2D eigenvalue weighted by Gasteiger charge is -2.33. The summed E-state index contributed by atoms with van der Waals surface area (Å²) in [6.07, 6.45) is -5.62. The lowest BCUT2D eigenvalue weighted by atomic mass is 9.83. The topological polar surface area (TPSA) is 57.1 Å². The summed E-state index contributed by atoms with van der Waals surface area (Å²) in [7, 11) is 0.891. The molecule has 1 rings (SSSR count). The zero-order chi connectivity index (χ0) is 15.4. The van der Waals surface area contributed by atoms with Crippen molar-refractivity contribution in [3.8, 4) is 0 Å². The summed E-state index contributed by atoms with van der Waals surface area (Å²) < 4.78 is 54.9. The summed E-state index contributed by atoms with van der Waals surface area (Å²) in [6, 6.07) is 0. The van der Waals surface area contributed by atoms with Crippen LogP contribution in [0.25, 0.3) is 0 Å². The highest BCUT2D eigenvalue weighted by molar-refractivity contribution is 9.09. The Hall–Kier alpha value is -0.830. The van der Waals surface area contributed by atoms with Crippen molar-refractivity contribution in [2.45, 2.75) is 24.5 Å². The quantitative estimate of drug-likeness (QED) is 0.538. The number of nitrogens with zero attached hydrogens (tertiary/aromatic N) is 1. The maximum atomic E-state index is 13.5. The Balaban J connectivity index is 3.23. The minimum atomic E-state index is -4.91. The van der Waals surface area contributed by atoms with Crippen LogP contribution in [-0.4, -0.2) is 49.9 Å². The standard InChI is InChI=1S/C11H15BrF3NO4/c1-3-19-7(12)6-10(9(17)18-2,11(13,14)15)8-16-4-5-20-8/h7H,3-6H2,1-2H3. The molecule has 5 nitrogen and oxygen atoms in total. The second-order valence-electron chi connectivity index (χ2n) is 4.00. The van der Waals surface area contributed by atoms with E-state index in [1.807, 2.05) is 0 Å². The van der Waals surface area contributed by atoms with Crippen molar-refractivity contribution in [3.05, 3.63) is 0 Å². The summed E-state index contributed by atoms with van der Waals surface area (Å²) in [5.74, 6) is -2.13. The minimum Gasteiger partial charge on any atom is -0.478 e. The third-order valence-electron chi connectivity index (χ3n) is 2.78. The van der Waals surface area contributed by atoms with Gasteiger partial charge in [-0.1, -0.05) is 15.9 Å². The number of esters is 1. The maximum absolute atomic E-state index is 13.5. The van der Waals surface area contributed by atoms with Gasteiger partial charge in [0.25, 0.3) is 0 Å². The van der Waals surface area contributed by atoms with E-state index < -0.39 is 34.9 Å². The van der Waals surface area contributed by atoms with E-state index in [1.54, 1.807) is 6.92 Å². The molecular formula is C11H15BrF3NO4. The number of aliphatic imine (C=N–C) groups is 1. The highest BCUT2D eigenvalue weighted by Crippen LogP contribution is 2.46. The van der Waals surface area contributed by atoms with Gasteiger partial charge in [0.2, 0.25) is 11.3 Å². The zero-order valence-corrected chi connectivity index (χ0v) is 12.6. The molecule has 116 valence electrons. The van der Waals surface area contributed by atoms with Crippen molar-refractivity contribution >= 4 is 27.8 Å². The van der Waals surface area contributed by atoms with Crippen molar-refractivity contribution in [1.29, 1.82) is 0 Å². The van der Waals surface area contributed by atoms with E-state index >= 15 is 0 Å². The van der Waals surface area contributed by atoms with Gasteiger partial charge in [-0.2, -0.15) is 13.2 Å². The molecule has 1 aliphatic heterocycles. The molecule has 1 aliphatic rings. The fraction of sp³-hybridized carbons (Fsp3) is 0.818. The largest absolute Gasteiger partial charge is 0.478 e. The van der Waals surface area contributed by atoms with Gasteiger partial charge in [-0.05, 0) is 6.92 Å². The molecule has 0 N–H and O–H groups in total. The third-order valence-corrected chi connectivity index (χ3v) is 3.37. The van der Waals surface area contributed by atoms with Crippen molar-refractivity contribution in [2.75, 3.05) is 26.9 Å². The normalized spacial score (nSPS) is 19.8. The molecule has 9 heteroatoms. The van der Waals surface area contributed by atoms with Crippen LogP contribution in [0, 0.1) is 5.41 Å². The van der Waals surface area contributed by atoms with Gasteiger partial charge < -0.3 is 14.2 Å². The van der Waals surface area contributed by atoms with E-state index in [9.17, 15) is 18.0 Å². The predicted molar refractivity (Wildman–Crippen MR) is 67.7 cm³/mol. The van der Waals surface area contributed by atoms with Gasteiger partial charge in [0.1, 0.15) is 11.6 Å². The van der Waals surface area contributed by atoms with Crippen LogP contribution in [0.4, 0.5) is 13.2 Å². The highest BCUT2D eigenvalue weighted by atomic mass is 79.9. The first kappa shape index (κ1) is 17.2.